The molecule has 0 saturated heterocycles. The largest absolute Gasteiger partial charge is 0.505 e. The zero-order valence-electron chi connectivity index (χ0n) is 10.1. The lowest BCUT2D eigenvalue weighted by Gasteiger charge is -2.10. The lowest BCUT2D eigenvalue weighted by molar-refractivity contribution is 0.0693. The van der Waals surface area contributed by atoms with E-state index in [1.165, 1.54) is 18.2 Å². The summed E-state index contributed by atoms with van der Waals surface area (Å²) in [4.78, 5) is 23.0. The Labute approximate surface area is 128 Å². The van der Waals surface area contributed by atoms with Crippen LogP contribution in [0.15, 0.2) is 42.5 Å². The lowest BCUT2D eigenvalue weighted by Crippen LogP contribution is -2.14. The second kappa shape index (κ2) is 5.91. The van der Waals surface area contributed by atoms with Gasteiger partial charge in [0.25, 0.3) is 5.91 Å². The van der Waals surface area contributed by atoms with Crippen molar-refractivity contribution < 1.29 is 19.8 Å². The Hall–Kier alpha value is -2.09. The predicted molar refractivity (Wildman–Crippen MR) is 82.2 cm³/mol. The molecule has 0 radical (unpaired) electrons. The van der Waals surface area contributed by atoms with Crippen molar-refractivity contribution in [3.8, 4) is 5.75 Å². The van der Waals surface area contributed by atoms with Gasteiger partial charge in [-0.3, -0.25) is 4.79 Å². The maximum absolute atomic E-state index is 12.1. The molecule has 0 aliphatic heterocycles. The summed E-state index contributed by atoms with van der Waals surface area (Å²) in [5.41, 5.74) is 0.258. The number of aromatic hydroxyl groups is 1. The molecule has 2 rings (SSSR count). The summed E-state index contributed by atoms with van der Waals surface area (Å²) >= 11 is 2.03. The number of hydrogen-bond donors (Lipinski definition) is 3. The number of carbonyl (C=O) groups excluding carboxylic acids is 1. The molecule has 5 nitrogen and oxygen atoms in total. The number of aromatic carboxylic acids is 1. The average Bonchev–Trinajstić information content (AvgIpc) is 2.41. The quantitative estimate of drug-likeness (QED) is 0.562. The molecule has 0 unspecified atom stereocenters. The monoisotopic (exact) mass is 383 g/mol. The first-order valence-corrected chi connectivity index (χ1v) is 6.69. The molecule has 3 N–H and O–H groups in total. The molecule has 0 aliphatic rings. The number of rotatable bonds is 3. The van der Waals surface area contributed by atoms with Gasteiger partial charge in [0.1, 0.15) is 5.56 Å². The Morgan fingerprint density at radius 3 is 2.30 bits per heavy atom. The van der Waals surface area contributed by atoms with Crippen LogP contribution in [0.1, 0.15) is 20.7 Å². The molecule has 102 valence electrons. The summed E-state index contributed by atoms with van der Waals surface area (Å²) in [6, 6.07) is 11.1. The van der Waals surface area contributed by atoms with E-state index in [4.69, 9.17) is 5.11 Å². The Morgan fingerprint density at radius 1 is 1.00 bits per heavy atom. The highest BCUT2D eigenvalue weighted by Gasteiger charge is 2.16. The van der Waals surface area contributed by atoms with Crippen LogP contribution in [-0.2, 0) is 0 Å². The van der Waals surface area contributed by atoms with Gasteiger partial charge in [0.2, 0.25) is 0 Å². The molecule has 0 atom stereocenters. The van der Waals surface area contributed by atoms with Gasteiger partial charge in [-0.25, -0.2) is 4.79 Å². The van der Waals surface area contributed by atoms with Crippen LogP contribution in [-0.4, -0.2) is 22.1 Å². The minimum Gasteiger partial charge on any atom is -0.505 e. The Kier molecular flexibility index (Phi) is 4.23. The van der Waals surface area contributed by atoms with Crippen LogP contribution in [0, 0.1) is 3.57 Å². The Bertz CT molecular complexity index is 685. The summed E-state index contributed by atoms with van der Waals surface area (Å²) < 4.78 is 0.761. The summed E-state index contributed by atoms with van der Waals surface area (Å²) in [7, 11) is 0. The average molecular weight is 383 g/mol. The number of para-hydroxylation sites is 1. The lowest BCUT2D eigenvalue weighted by atomic mass is 10.1. The van der Waals surface area contributed by atoms with Crippen LogP contribution in [0.25, 0.3) is 0 Å². The number of amides is 1. The van der Waals surface area contributed by atoms with Crippen molar-refractivity contribution in [1.82, 2.24) is 0 Å². The number of carbonyl (C=O) groups is 2. The van der Waals surface area contributed by atoms with Gasteiger partial charge in [0.05, 0.1) is 11.3 Å². The molecule has 20 heavy (non-hydrogen) atoms. The number of carboxylic acid groups (broad SMARTS) is 1. The van der Waals surface area contributed by atoms with Gasteiger partial charge in [0, 0.05) is 3.57 Å². The number of carboxylic acids is 1. The zero-order chi connectivity index (χ0) is 14.7. The smallest absolute Gasteiger partial charge is 0.339 e. The summed E-state index contributed by atoms with van der Waals surface area (Å²) in [6.07, 6.45) is 0. The van der Waals surface area contributed by atoms with E-state index in [0.717, 1.165) is 3.57 Å². The number of nitrogens with one attached hydrogen (secondary N) is 1. The van der Waals surface area contributed by atoms with Crippen molar-refractivity contribution >= 4 is 40.2 Å². The molecule has 0 saturated carbocycles. The molecule has 0 aromatic heterocycles. The van der Waals surface area contributed by atoms with E-state index in [1.54, 1.807) is 24.3 Å². The second-order valence-corrected chi connectivity index (χ2v) is 5.10. The second-order valence-electron chi connectivity index (χ2n) is 3.94. The third-order valence-electron chi connectivity index (χ3n) is 2.63. The Morgan fingerprint density at radius 2 is 1.65 bits per heavy atom. The molecule has 0 heterocycles. The van der Waals surface area contributed by atoms with Crippen molar-refractivity contribution in [1.29, 1.82) is 0 Å². The molecule has 2 aromatic rings. The standard InChI is InChI=1S/C14H10INO4/c15-10-6-2-1-4-8(10)13(18)16-11-7-3-5-9(12(11)17)14(19)20/h1-7,17H,(H,16,18)(H,19,20). The van der Waals surface area contributed by atoms with E-state index in [-0.39, 0.29) is 11.3 Å². The molecule has 0 spiro atoms. The van der Waals surface area contributed by atoms with Crippen LogP contribution in [0.4, 0.5) is 5.69 Å². The number of benzene rings is 2. The topological polar surface area (TPSA) is 86.6 Å². The van der Waals surface area contributed by atoms with Crippen molar-refractivity contribution in [2.24, 2.45) is 0 Å². The number of halogens is 1. The zero-order valence-corrected chi connectivity index (χ0v) is 12.3. The summed E-state index contributed by atoms with van der Waals surface area (Å²) in [5.74, 6) is -2.12. The van der Waals surface area contributed by atoms with Crippen molar-refractivity contribution in [2.75, 3.05) is 5.32 Å². The van der Waals surface area contributed by atoms with Crippen molar-refractivity contribution in [3.63, 3.8) is 0 Å². The minimum absolute atomic E-state index is 0.0644. The fraction of sp³-hybridized carbons (Fsp3) is 0. The molecule has 1 amide bonds. The number of anilines is 1. The minimum atomic E-state index is -1.26. The Balaban J connectivity index is 2.32. The fourth-order valence-electron chi connectivity index (χ4n) is 1.65. The van der Waals surface area contributed by atoms with Crippen molar-refractivity contribution in [3.05, 3.63) is 57.2 Å². The van der Waals surface area contributed by atoms with Gasteiger partial charge in [-0.1, -0.05) is 18.2 Å². The van der Waals surface area contributed by atoms with Crippen LogP contribution >= 0.6 is 22.6 Å². The maximum atomic E-state index is 12.1. The molecular weight excluding hydrogens is 373 g/mol. The van der Waals surface area contributed by atoms with E-state index in [9.17, 15) is 14.7 Å². The highest BCUT2D eigenvalue weighted by atomic mass is 127. The first-order chi connectivity index (χ1) is 9.50. The molecule has 0 aliphatic carbocycles. The molecule has 0 fully saturated rings. The first kappa shape index (κ1) is 14.3. The van der Waals surface area contributed by atoms with Crippen molar-refractivity contribution in [2.45, 2.75) is 0 Å². The molecule has 0 bridgehead atoms. The highest BCUT2D eigenvalue weighted by Crippen LogP contribution is 2.28. The molecular formula is C14H10INO4. The van der Waals surface area contributed by atoms with Gasteiger partial charge in [-0.2, -0.15) is 0 Å². The maximum Gasteiger partial charge on any atom is 0.339 e. The van der Waals surface area contributed by atoms with Crippen LogP contribution in [0.2, 0.25) is 0 Å². The van der Waals surface area contributed by atoms with E-state index in [1.807, 2.05) is 22.6 Å². The summed E-state index contributed by atoms with van der Waals surface area (Å²) in [5, 5.41) is 21.2. The fourth-order valence-corrected chi connectivity index (χ4v) is 2.28. The predicted octanol–water partition coefficient (Wildman–Crippen LogP) is 2.95. The molecule has 6 heteroatoms. The SMILES string of the molecule is O=C(Nc1cccc(C(=O)O)c1O)c1ccccc1I. The van der Waals surface area contributed by atoms with E-state index >= 15 is 0 Å². The van der Waals surface area contributed by atoms with Gasteiger partial charge in [0.15, 0.2) is 5.75 Å². The highest BCUT2D eigenvalue weighted by molar-refractivity contribution is 14.1. The van der Waals surface area contributed by atoms with Crippen LogP contribution in [0.3, 0.4) is 0 Å². The normalized spacial score (nSPS) is 10.1. The third kappa shape index (κ3) is 2.90. The van der Waals surface area contributed by atoms with Gasteiger partial charge in [-0.15, -0.1) is 0 Å². The van der Waals surface area contributed by atoms with Gasteiger partial charge >= 0.3 is 5.97 Å². The van der Waals surface area contributed by atoms with Crippen LogP contribution in [0.5, 0.6) is 5.75 Å². The van der Waals surface area contributed by atoms with Gasteiger partial charge in [-0.05, 0) is 46.9 Å². The number of phenols is 1. The van der Waals surface area contributed by atoms with E-state index in [2.05, 4.69) is 5.32 Å². The summed E-state index contributed by atoms with van der Waals surface area (Å²) in [6.45, 7) is 0. The van der Waals surface area contributed by atoms with E-state index < -0.39 is 17.6 Å². The number of hydrogen-bond acceptors (Lipinski definition) is 3. The van der Waals surface area contributed by atoms with Crippen LogP contribution < -0.4 is 5.32 Å². The van der Waals surface area contributed by atoms with E-state index in [0.29, 0.717) is 5.56 Å². The van der Waals surface area contributed by atoms with Gasteiger partial charge < -0.3 is 15.5 Å². The molecule has 2 aromatic carbocycles. The third-order valence-corrected chi connectivity index (χ3v) is 3.57. The first-order valence-electron chi connectivity index (χ1n) is 5.62.